The fourth-order valence-electron chi connectivity index (χ4n) is 2.89. The van der Waals surface area contributed by atoms with E-state index >= 15 is 0 Å². The Morgan fingerprint density at radius 2 is 2.15 bits per heavy atom. The van der Waals surface area contributed by atoms with E-state index in [0.717, 1.165) is 57.7 Å². The highest BCUT2D eigenvalue weighted by Gasteiger charge is 2.23. The third-order valence-electron chi connectivity index (χ3n) is 4.11. The first-order valence-electron chi connectivity index (χ1n) is 7.26. The van der Waals surface area contributed by atoms with Gasteiger partial charge in [0.15, 0.2) is 0 Å². The van der Waals surface area contributed by atoms with Gasteiger partial charge in [0.25, 0.3) is 0 Å². The topological polar surface area (TPSA) is 52.4 Å². The van der Waals surface area contributed by atoms with E-state index in [-0.39, 0.29) is 0 Å². The predicted molar refractivity (Wildman–Crippen MR) is 76.5 cm³/mol. The summed E-state index contributed by atoms with van der Waals surface area (Å²) in [5.74, 6) is 1.70. The lowest BCUT2D eigenvalue weighted by Crippen LogP contribution is -2.48. The van der Waals surface area contributed by atoms with E-state index < -0.39 is 0 Å². The van der Waals surface area contributed by atoms with Gasteiger partial charge in [0.05, 0.1) is 12.2 Å². The van der Waals surface area contributed by atoms with E-state index in [0.29, 0.717) is 5.56 Å². The first-order chi connectivity index (χ1) is 9.85. The van der Waals surface area contributed by atoms with Gasteiger partial charge in [0.1, 0.15) is 11.9 Å². The molecule has 1 aromatic heterocycles. The SMILES string of the molecule is N#Cc1ccc(N2CCN(CC3CCOC3)CC2)nc1. The van der Waals surface area contributed by atoms with Gasteiger partial charge in [-0.25, -0.2) is 4.98 Å². The molecule has 1 atom stereocenters. The molecule has 2 aliphatic heterocycles. The molecule has 0 amide bonds. The first-order valence-corrected chi connectivity index (χ1v) is 7.26. The maximum Gasteiger partial charge on any atom is 0.128 e. The van der Waals surface area contributed by atoms with Crippen LogP contribution in [0.25, 0.3) is 0 Å². The lowest BCUT2D eigenvalue weighted by atomic mass is 10.1. The van der Waals surface area contributed by atoms with Crippen molar-refractivity contribution in [2.24, 2.45) is 5.92 Å². The van der Waals surface area contributed by atoms with E-state index in [4.69, 9.17) is 10.00 Å². The van der Waals surface area contributed by atoms with Crippen LogP contribution in [-0.2, 0) is 4.74 Å². The average molecular weight is 272 g/mol. The molecule has 5 heteroatoms. The molecule has 0 aromatic carbocycles. The average Bonchev–Trinajstić information content (AvgIpc) is 3.01. The normalized spacial score (nSPS) is 23.8. The van der Waals surface area contributed by atoms with Gasteiger partial charge in [0, 0.05) is 45.5 Å². The van der Waals surface area contributed by atoms with Crippen molar-refractivity contribution in [2.45, 2.75) is 6.42 Å². The minimum Gasteiger partial charge on any atom is -0.381 e. The summed E-state index contributed by atoms with van der Waals surface area (Å²) in [4.78, 5) is 9.19. The molecule has 2 fully saturated rings. The highest BCUT2D eigenvalue weighted by atomic mass is 16.5. The van der Waals surface area contributed by atoms with Crippen LogP contribution in [0.2, 0.25) is 0 Å². The molecular formula is C15H20N4O. The smallest absolute Gasteiger partial charge is 0.128 e. The summed E-state index contributed by atoms with van der Waals surface area (Å²) in [6, 6.07) is 5.88. The summed E-state index contributed by atoms with van der Waals surface area (Å²) in [6.45, 7) is 7.20. The summed E-state index contributed by atoms with van der Waals surface area (Å²) >= 11 is 0. The molecule has 0 bridgehead atoms. The number of hydrogen-bond donors (Lipinski definition) is 0. The number of ether oxygens (including phenoxy) is 1. The van der Waals surface area contributed by atoms with Gasteiger partial charge in [-0.1, -0.05) is 0 Å². The van der Waals surface area contributed by atoms with E-state index in [2.05, 4.69) is 20.9 Å². The van der Waals surface area contributed by atoms with Crippen LogP contribution in [0.3, 0.4) is 0 Å². The molecule has 2 aliphatic rings. The number of nitriles is 1. The molecule has 3 rings (SSSR count). The first kappa shape index (κ1) is 13.3. The second kappa shape index (κ2) is 6.21. The fourth-order valence-corrected chi connectivity index (χ4v) is 2.89. The second-order valence-electron chi connectivity index (χ2n) is 5.53. The Kier molecular flexibility index (Phi) is 4.14. The van der Waals surface area contributed by atoms with Crippen LogP contribution in [0, 0.1) is 17.2 Å². The maximum atomic E-state index is 8.79. The summed E-state index contributed by atoms with van der Waals surface area (Å²) in [7, 11) is 0. The highest BCUT2D eigenvalue weighted by molar-refractivity contribution is 5.42. The standard InChI is InChI=1S/C15H20N4O/c16-9-13-1-2-15(17-10-13)19-6-4-18(5-7-19)11-14-3-8-20-12-14/h1-2,10,14H,3-8,11-12H2. The van der Waals surface area contributed by atoms with E-state index in [1.807, 2.05) is 12.1 Å². The Hall–Kier alpha value is -1.64. The molecule has 0 N–H and O–H groups in total. The van der Waals surface area contributed by atoms with Crippen LogP contribution in [0.4, 0.5) is 5.82 Å². The largest absolute Gasteiger partial charge is 0.381 e. The zero-order valence-electron chi connectivity index (χ0n) is 11.7. The van der Waals surface area contributed by atoms with Crippen molar-refractivity contribution >= 4 is 5.82 Å². The van der Waals surface area contributed by atoms with Crippen molar-refractivity contribution in [1.29, 1.82) is 5.26 Å². The van der Waals surface area contributed by atoms with E-state index in [1.165, 1.54) is 6.42 Å². The number of nitrogens with zero attached hydrogens (tertiary/aromatic N) is 4. The number of rotatable bonds is 3. The van der Waals surface area contributed by atoms with Gasteiger partial charge < -0.3 is 9.64 Å². The molecule has 3 heterocycles. The highest BCUT2D eigenvalue weighted by Crippen LogP contribution is 2.17. The molecule has 0 spiro atoms. The minimum absolute atomic E-state index is 0.619. The quantitative estimate of drug-likeness (QED) is 0.825. The lowest BCUT2D eigenvalue weighted by molar-refractivity contribution is 0.164. The Bertz CT molecular complexity index is 468. The van der Waals surface area contributed by atoms with Gasteiger partial charge in [-0.15, -0.1) is 0 Å². The fraction of sp³-hybridized carbons (Fsp3) is 0.600. The third kappa shape index (κ3) is 3.09. The number of piperazine rings is 1. The number of hydrogen-bond acceptors (Lipinski definition) is 5. The molecule has 20 heavy (non-hydrogen) atoms. The molecular weight excluding hydrogens is 252 g/mol. The molecule has 2 saturated heterocycles. The zero-order valence-corrected chi connectivity index (χ0v) is 11.7. The summed E-state index contributed by atoms with van der Waals surface area (Å²) in [6.07, 6.45) is 2.86. The molecule has 0 aliphatic carbocycles. The van der Waals surface area contributed by atoms with Crippen molar-refractivity contribution in [3.8, 4) is 6.07 Å². The van der Waals surface area contributed by atoms with Crippen LogP contribution >= 0.6 is 0 Å². The molecule has 106 valence electrons. The lowest BCUT2D eigenvalue weighted by Gasteiger charge is -2.36. The summed E-state index contributed by atoms with van der Waals surface area (Å²) in [5.41, 5.74) is 0.619. The van der Waals surface area contributed by atoms with Crippen LogP contribution in [0.1, 0.15) is 12.0 Å². The molecule has 1 aromatic rings. The number of anilines is 1. The molecule has 5 nitrogen and oxygen atoms in total. The third-order valence-corrected chi connectivity index (χ3v) is 4.11. The Labute approximate surface area is 119 Å². The molecule has 0 saturated carbocycles. The zero-order chi connectivity index (χ0) is 13.8. The Morgan fingerprint density at radius 3 is 2.75 bits per heavy atom. The second-order valence-corrected chi connectivity index (χ2v) is 5.53. The van der Waals surface area contributed by atoms with Gasteiger partial charge in [-0.2, -0.15) is 5.26 Å². The van der Waals surface area contributed by atoms with Gasteiger partial charge >= 0.3 is 0 Å². The predicted octanol–water partition coefficient (Wildman–Crippen LogP) is 1.11. The van der Waals surface area contributed by atoms with Crippen molar-refractivity contribution in [1.82, 2.24) is 9.88 Å². The van der Waals surface area contributed by atoms with Crippen molar-refractivity contribution in [2.75, 3.05) is 50.8 Å². The van der Waals surface area contributed by atoms with Gasteiger partial charge in [-0.3, -0.25) is 4.90 Å². The van der Waals surface area contributed by atoms with Crippen LogP contribution in [0.5, 0.6) is 0 Å². The summed E-state index contributed by atoms with van der Waals surface area (Å²) < 4.78 is 5.44. The van der Waals surface area contributed by atoms with Gasteiger partial charge in [0.2, 0.25) is 0 Å². The maximum absolute atomic E-state index is 8.79. The van der Waals surface area contributed by atoms with Crippen LogP contribution < -0.4 is 4.90 Å². The van der Waals surface area contributed by atoms with Crippen molar-refractivity contribution < 1.29 is 4.74 Å². The van der Waals surface area contributed by atoms with E-state index in [1.54, 1.807) is 6.20 Å². The van der Waals surface area contributed by atoms with Crippen molar-refractivity contribution in [3.63, 3.8) is 0 Å². The van der Waals surface area contributed by atoms with Crippen molar-refractivity contribution in [3.05, 3.63) is 23.9 Å². The number of pyridine rings is 1. The monoisotopic (exact) mass is 272 g/mol. The van der Waals surface area contributed by atoms with Crippen LogP contribution in [-0.4, -0.2) is 55.8 Å². The molecule has 1 unspecified atom stereocenters. The Balaban J connectivity index is 1.51. The molecule has 0 radical (unpaired) electrons. The van der Waals surface area contributed by atoms with Crippen LogP contribution in [0.15, 0.2) is 18.3 Å². The number of aromatic nitrogens is 1. The van der Waals surface area contributed by atoms with Gasteiger partial charge in [-0.05, 0) is 24.5 Å². The summed E-state index contributed by atoms with van der Waals surface area (Å²) in [5, 5.41) is 8.79. The minimum atomic E-state index is 0.619. The van der Waals surface area contributed by atoms with E-state index in [9.17, 15) is 0 Å². The Morgan fingerprint density at radius 1 is 1.30 bits per heavy atom.